The highest BCUT2D eigenvalue weighted by Crippen LogP contribution is 2.38. The molecule has 1 fully saturated rings. The van der Waals surface area contributed by atoms with Crippen LogP contribution < -0.4 is 5.32 Å². The molecule has 4 rings (SSSR count). The van der Waals surface area contributed by atoms with Crippen LogP contribution in [0.2, 0.25) is 5.02 Å². The van der Waals surface area contributed by atoms with Gasteiger partial charge in [-0.3, -0.25) is 24.6 Å². The van der Waals surface area contributed by atoms with Crippen LogP contribution in [-0.4, -0.2) is 59.3 Å². The van der Waals surface area contributed by atoms with E-state index in [4.69, 9.17) is 11.6 Å². The predicted molar refractivity (Wildman–Crippen MR) is 129 cm³/mol. The van der Waals surface area contributed by atoms with Gasteiger partial charge < -0.3 is 10.2 Å². The van der Waals surface area contributed by atoms with Crippen molar-refractivity contribution >= 4 is 50.5 Å². The van der Waals surface area contributed by atoms with Crippen molar-refractivity contribution in [3.8, 4) is 0 Å². The van der Waals surface area contributed by atoms with E-state index in [-0.39, 0.29) is 30.1 Å². The molecule has 1 atom stereocenters. The zero-order valence-electron chi connectivity index (χ0n) is 18.0. The van der Waals surface area contributed by atoms with Crippen LogP contribution in [0.25, 0.3) is 10.1 Å². The molecule has 1 aromatic heterocycles. The summed E-state index contributed by atoms with van der Waals surface area (Å²) in [5, 5.41) is 15.0. The molecular weight excluding hydrogens is 464 g/mol. The van der Waals surface area contributed by atoms with Gasteiger partial charge in [0.25, 0.3) is 11.6 Å². The first-order chi connectivity index (χ1) is 15.8. The van der Waals surface area contributed by atoms with E-state index in [1.54, 1.807) is 11.0 Å². The van der Waals surface area contributed by atoms with Crippen LogP contribution in [0.4, 0.5) is 5.69 Å². The molecule has 33 heavy (non-hydrogen) atoms. The highest BCUT2D eigenvalue weighted by atomic mass is 35.5. The number of rotatable bonds is 6. The summed E-state index contributed by atoms with van der Waals surface area (Å²) in [6.45, 7) is 4.33. The van der Waals surface area contributed by atoms with Crippen molar-refractivity contribution in [2.75, 3.05) is 32.7 Å². The van der Waals surface area contributed by atoms with Gasteiger partial charge >= 0.3 is 0 Å². The Hall–Kier alpha value is -3.01. The molecule has 3 aromatic rings. The molecule has 2 amide bonds. The Morgan fingerprint density at radius 3 is 2.52 bits per heavy atom. The second-order valence-corrected chi connectivity index (χ2v) is 9.38. The van der Waals surface area contributed by atoms with E-state index >= 15 is 0 Å². The number of nitro benzene ring substituents is 1. The minimum atomic E-state index is -0.468. The first kappa shape index (κ1) is 23.2. The van der Waals surface area contributed by atoms with E-state index in [0.717, 1.165) is 5.56 Å². The topological polar surface area (TPSA) is 95.8 Å². The summed E-state index contributed by atoms with van der Waals surface area (Å²) in [5.41, 5.74) is 1.01. The third kappa shape index (κ3) is 5.16. The van der Waals surface area contributed by atoms with Gasteiger partial charge in [-0.15, -0.1) is 11.3 Å². The van der Waals surface area contributed by atoms with E-state index in [1.807, 2.05) is 42.2 Å². The maximum absolute atomic E-state index is 13.1. The lowest BCUT2D eigenvalue weighted by Crippen LogP contribution is -2.51. The normalized spacial score (nSPS) is 15.4. The Bertz CT molecular complexity index is 1190. The number of benzene rings is 2. The van der Waals surface area contributed by atoms with Crippen LogP contribution in [0.15, 0.2) is 48.5 Å². The fourth-order valence-corrected chi connectivity index (χ4v) is 5.39. The summed E-state index contributed by atoms with van der Waals surface area (Å²) in [5.74, 6) is -0.245. The predicted octanol–water partition coefficient (Wildman–Crippen LogP) is 4.10. The van der Waals surface area contributed by atoms with E-state index in [9.17, 15) is 19.7 Å². The molecule has 8 nitrogen and oxygen atoms in total. The molecule has 1 unspecified atom stereocenters. The van der Waals surface area contributed by atoms with Crippen molar-refractivity contribution < 1.29 is 14.5 Å². The van der Waals surface area contributed by atoms with Gasteiger partial charge in [0.1, 0.15) is 4.88 Å². The largest absolute Gasteiger partial charge is 0.348 e. The van der Waals surface area contributed by atoms with Gasteiger partial charge in [0.2, 0.25) is 5.91 Å². The van der Waals surface area contributed by atoms with Gasteiger partial charge in [0, 0.05) is 48.4 Å². The van der Waals surface area contributed by atoms with Crippen molar-refractivity contribution in [1.29, 1.82) is 0 Å². The molecule has 172 valence electrons. The number of amides is 2. The monoisotopic (exact) mass is 486 g/mol. The number of nitrogens with zero attached hydrogens (tertiary/aromatic N) is 3. The van der Waals surface area contributed by atoms with Gasteiger partial charge in [0.15, 0.2) is 0 Å². The summed E-state index contributed by atoms with van der Waals surface area (Å²) >= 11 is 7.60. The van der Waals surface area contributed by atoms with Crippen LogP contribution in [0.3, 0.4) is 0 Å². The molecule has 2 aromatic carbocycles. The van der Waals surface area contributed by atoms with Gasteiger partial charge in [0.05, 0.1) is 22.5 Å². The third-order valence-corrected chi connectivity index (χ3v) is 7.37. The van der Waals surface area contributed by atoms with Crippen LogP contribution in [0.1, 0.15) is 28.2 Å². The van der Waals surface area contributed by atoms with Crippen LogP contribution >= 0.6 is 22.9 Å². The Kier molecular flexibility index (Phi) is 6.92. The molecular formula is C23H23ClN4O4S. The number of carbonyl (C=O) groups is 2. The fourth-order valence-electron chi connectivity index (χ4n) is 3.87. The number of nitro groups is 1. The number of nitrogens with one attached hydrogen (secondary N) is 1. The average Bonchev–Trinajstić information content (AvgIpc) is 3.15. The van der Waals surface area contributed by atoms with Gasteiger partial charge in [-0.05, 0) is 18.6 Å². The number of non-ortho nitro benzene ring substituents is 1. The first-order valence-electron chi connectivity index (χ1n) is 10.6. The maximum Gasteiger partial charge on any atom is 0.270 e. The van der Waals surface area contributed by atoms with Crippen molar-refractivity contribution in [1.82, 2.24) is 15.1 Å². The average molecular weight is 487 g/mol. The zero-order valence-corrected chi connectivity index (χ0v) is 19.6. The minimum Gasteiger partial charge on any atom is -0.348 e. The second-order valence-electron chi connectivity index (χ2n) is 7.95. The summed E-state index contributed by atoms with van der Waals surface area (Å²) in [6, 6.07) is 14.1. The quantitative estimate of drug-likeness (QED) is 0.418. The van der Waals surface area contributed by atoms with Crippen molar-refractivity contribution in [2.24, 2.45) is 0 Å². The second kappa shape index (κ2) is 9.86. The Morgan fingerprint density at radius 2 is 1.85 bits per heavy atom. The van der Waals surface area contributed by atoms with Gasteiger partial charge in [-0.2, -0.15) is 0 Å². The molecule has 1 saturated heterocycles. The SMILES string of the molecule is CC(NC(=O)CN1CCN(C(=O)c2sc3cc([N+](=O)[O-])ccc3c2Cl)CC1)c1ccccc1. The Morgan fingerprint density at radius 1 is 1.15 bits per heavy atom. The smallest absolute Gasteiger partial charge is 0.270 e. The molecule has 0 aliphatic carbocycles. The maximum atomic E-state index is 13.1. The number of thiophene rings is 1. The van der Waals surface area contributed by atoms with Crippen molar-refractivity contribution in [3.05, 3.63) is 74.1 Å². The standard InChI is InChI=1S/C23H23ClN4O4S/c1-15(16-5-3-2-4-6-16)25-20(29)14-26-9-11-27(12-10-26)23(30)22-21(24)18-8-7-17(28(31)32)13-19(18)33-22/h2-8,13,15H,9-12,14H2,1H3,(H,25,29). The summed E-state index contributed by atoms with van der Waals surface area (Å²) in [6.07, 6.45) is 0. The first-order valence-corrected chi connectivity index (χ1v) is 11.8. The number of carbonyl (C=O) groups excluding carboxylic acids is 2. The minimum absolute atomic E-state index is 0.0344. The number of fused-ring (bicyclic) bond motifs is 1. The van der Waals surface area contributed by atoms with E-state index < -0.39 is 4.92 Å². The van der Waals surface area contributed by atoms with Crippen LogP contribution in [0.5, 0.6) is 0 Å². The van der Waals surface area contributed by atoms with Crippen molar-refractivity contribution in [2.45, 2.75) is 13.0 Å². The molecule has 1 aliphatic heterocycles. The van der Waals surface area contributed by atoms with E-state index in [0.29, 0.717) is 46.2 Å². The Labute approximate surface area is 199 Å². The highest BCUT2D eigenvalue weighted by Gasteiger charge is 2.27. The highest BCUT2D eigenvalue weighted by molar-refractivity contribution is 7.21. The molecule has 1 N–H and O–H groups in total. The molecule has 1 aliphatic rings. The molecule has 0 bridgehead atoms. The molecule has 0 spiro atoms. The van der Waals surface area contributed by atoms with E-state index in [2.05, 4.69) is 5.32 Å². The number of halogens is 1. The van der Waals surface area contributed by atoms with Gasteiger partial charge in [-0.1, -0.05) is 41.9 Å². The zero-order chi connectivity index (χ0) is 23.5. The summed E-state index contributed by atoms with van der Waals surface area (Å²) in [7, 11) is 0. The summed E-state index contributed by atoms with van der Waals surface area (Å²) < 4.78 is 0.611. The number of hydrogen-bond acceptors (Lipinski definition) is 6. The molecule has 0 radical (unpaired) electrons. The van der Waals surface area contributed by atoms with E-state index in [1.165, 1.54) is 23.5 Å². The Balaban J connectivity index is 1.34. The van der Waals surface area contributed by atoms with Crippen LogP contribution in [0, 0.1) is 10.1 Å². The van der Waals surface area contributed by atoms with Gasteiger partial charge in [-0.25, -0.2) is 0 Å². The van der Waals surface area contributed by atoms with Crippen molar-refractivity contribution in [3.63, 3.8) is 0 Å². The fraction of sp³-hybridized carbons (Fsp3) is 0.304. The third-order valence-electron chi connectivity index (χ3n) is 5.72. The lowest BCUT2D eigenvalue weighted by atomic mass is 10.1. The number of hydrogen-bond donors (Lipinski definition) is 1. The summed E-state index contributed by atoms with van der Waals surface area (Å²) in [4.78, 5) is 40.2. The lowest BCUT2D eigenvalue weighted by molar-refractivity contribution is -0.384. The lowest BCUT2D eigenvalue weighted by Gasteiger charge is -2.34. The van der Waals surface area contributed by atoms with Crippen LogP contribution in [-0.2, 0) is 4.79 Å². The molecule has 0 saturated carbocycles. The number of piperazine rings is 1. The molecule has 2 heterocycles. The molecule has 10 heteroatoms.